The lowest BCUT2D eigenvalue weighted by molar-refractivity contribution is 0.0361. The van der Waals surface area contributed by atoms with E-state index in [4.69, 9.17) is 21.4 Å². The highest BCUT2D eigenvalue weighted by Gasteiger charge is 2.19. The monoisotopic (exact) mass is 426 g/mol. The zero-order valence-electron chi connectivity index (χ0n) is 16.0. The molecule has 0 bridgehead atoms. The van der Waals surface area contributed by atoms with Crippen molar-refractivity contribution >= 4 is 39.6 Å². The number of carboxylic acids is 1. The molecule has 0 radical (unpaired) electrons. The molecule has 30 heavy (non-hydrogen) atoms. The van der Waals surface area contributed by atoms with E-state index in [0.717, 1.165) is 43.8 Å². The standard InChI is InChI=1S/C20H19ClN6O3/c21-12-1-2-13-16(9-12)27(4-3-26-5-7-30-8-6-26)25-17(13)15-11-23-19-18(24-15)14(10-22-19)20(28)29/h1-2,9-11H,3-8H2,(H,22,23)(H,28,29). The number of aromatic nitrogens is 5. The third kappa shape index (κ3) is 3.41. The summed E-state index contributed by atoms with van der Waals surface area (Å²) >= 11 is 6.25. The Morgan fingerprint density at radius 2 is 2.10 bits per heavy atom. The van der Waals surface area contributed by atoms with Gasteiger partial charge in [-0.3, -0.25) is 9.58 Å². The number of rotatable bonds is 5. The molecule has 0 aliphatic carbocycles. The highest BCUT2D eigenvalue weighted by Crippen LogP contribution is 2.30. The average Bonchev–Trinajstić information content (AvgIpc) is 3.34. The van der Waals surface area contributed by atoms with Crippen LogP contribution in [0.4, 0.5) is 0 Å². The fraction of sp³-hybridized carbons (Fsp3) is 0.300. The Bertz CT molecular complexity index is 1240. The number of H-pyrrole nitrogens is 1. The Balaban J connectivity index is 1.56. The first-order valence-electron chi connectivity index (χ1n) is 9.64. The Morgan fingerprint density at radius 1 is 1.27 bits per heavy atom. The number of halogens is 1. The average molecular weight is 427 g/mol. The first-order chi connectivity index (χ1) is 14.6. The number of fused-ring (bicyclic) bond motifs is 2. The number of carbonyl (C=O) groups is 1. The minimum atomic E-state index is -1.06. The van der Waals surface area contributed by atoms with E-state index >= 15 is 0 Å². The number of hydrogen-bond donors (Lipinski definition) is 2. The Labute approximate surface area is 176 Å². The molecule has 9 nitrogen and oxygen atoms in total. The van der Waals surface area contributed by atoms with Crippen LogP contribution in [0.15, 0.2) is 30.6 Å². The predicted octanol–water partition coefficient (Wildman–Crippen LogP) is 2.66. The van der Waals surface area contributed by atoms with Gasteiger partial charge in [-0.15, -0.1) is 0 Å². The van der Waals surface area contributed by atoms with Crippen molar-refractivity contribution in [1.82, 2.24) is 29.6 Å². The largest absolute Gasteiger partial charge is 0.478 e. The quantitative estimate of drug-likeness (QED) is 0.505. The maximum absolute atomic E-state index is 11.5. The maximum Gasteiger partial charge on any atom is 0.339 e. The van der Waals surface area contributed by atoms with Crippen molar-refractivity contribution in [3.63, 3.8) is 0 Å². The van der Waals surface area contributed by atoms with Gasteiger partial charge in [0.15, 0.2) is 5.65 Å². The molecule has 1 saturated heterocycles. The second-order valence-corrected chi connectivity index (χ2v) is 7.58. The van der Waals surface area contributed by atoms with Crippen LogP contribution in [-0.2, 0) is 11.3 Å². The van der Waals surface area contributed by atoms with Crippen molar-refractivity contribution in [2.45, 2.75) is 6.54 Å². The second-order valence-electron chi connectivity index (χ2n) is 7.15. The molecule has 0 atom stereocenters. The van der Waals surface area contributed by atoms with Crippen molar-refractivity contribution in [3.8, 4) is 11.4 Å². The predicted molar refractivity (Wildman–Crippen MR) is 112 cm³/mol. The minimum absolute atomic E-state index is 0.0819. The lowest BCUT2D eigenvalue weighted by Gasteiger charge is -2.26. The Morgan fingerprint density at radius 3 is 2.90 bits per heavy atom. The molecule has 4 aromatic rings. The zero-order valence-corrected chi connectivity index (χ0v) is 16.8. The topological polar surface area (TPSA) is 109 Å². The molecule has 0 unspecified atom stereocenters. The fourth-order valence-electron chi connectivity index (χ4n) is 3.74. The summed E-state index contributed by atoms with van der Waals surface area (Å²) in [6, 6.07) is 5.61. The summed E-state index contributed by atoms with van der Waals surface area (Å²) in [5.41, 5.74) is 2.89. The third-order valence-corrected chi connectivity index (χ3v) is 5.53. The molecule has 1 aromatic carbocycles. The summed E-state index contributed by atoms with van der Waals surface area (Å²) in [6.45, 7) is 4.83. The molecule has 0 saturated carbocycles. The van der Waals surface area contributed by atoms with Crippen molar-refractivity contribution in [2.24, 2.45) is 0 Å². The van der Waals surface area contributed by atoms with E-state index in [9.17, 15) is 9.90 Å². The number of hydrogen-bond acceptors (Lipinski definition) is 6. The third-order valence-electron chi connectivity index (χ3n) is 5.30. The normalized spacial score (nSPS) is 15.2. The fourth-order valence-corrected chi connectivity index (χ4v) is 3.90. The molecular weight excluding hydrogens is 408 g/mol. The molecule has 4 heterocycles. The van der Waals surface area contributed by atoms with Gasteiger partial charge in [0.05, 0.1) is 31.5 Å². The molecule has 2 N–H and O–H groups in total. The number of morpholine rings is 1. The van der Waals surface area contributed by atoms with Crippen LogP contribution < -0.4 is 0 Å². The number of aromatic amines is 1. The second kappa shape index (κ2) is 7.67. The SMILES string of the molecule is O=C(O)c1c[nH]c2ncc(-c3nn(CCN4CCOCC4)c4cc(Cl)ccc34)nc12. The summed E-state index contributed by atoms with van der Waals surface area (Å²) in [5, 5.41) is 15.7. The van der Waals surface area contributed by atoms with Gasteiger partial charge in [-0.1, -0.05) is 11.6 Å². The van der Waals surface area contributed by atoms with Crippen molar-refractivity contribution < 1.29 is 14.6 Å². The van der Waals surface area contributed by atoms with Crippen molar-refractivity contribution in [2.75, 3.05) is 32.8 Å². The Kier molecular flexibility index (Phi) is 4.86. The van der Waals surface area contributed by atoms with Crippen LogP contribution >= 0.6 is 11.6 Å². The molecular formula is C20H19ClN6O3. The lowest BCUT2D eigenvalue weighted by atomic mass is 10.1. The first kappa shape index (κ1) is 19.0. The van der Waals surface area contributed by atoms with Crippen LogP contribution in [0, 0.1) is 0 Å². The maximum atomic E-state index is 11.5. The molecule has 1 fully saturated rings. The highest BCUT2D eigenvalue weighted by molar-refractivity contribution is 6.31. The van der Waals surface area contributed by atoms with Gasteiger partial charge >= 0.3 is 5.97 Å². The molecule has 5 rings (SSSR count). The molecule has 1 aliphatic heterocycles. The summed E-state index contributed by atoms with van der Waals surface area (Å²) in [7, 11) is 0. The number of benzene rings is 1. The van der Waals surface area contributed by atoms with Gasteiger partial charge < -0.3 is 14.8 Å². The van der Waals surface area contributed by atoms with Gasteiger partial charge in [-0.25, -0.2) is 14.8 Å². The van der Waals surface area contributed by atoms with E-state index in [1.54, 1.807) is 6.20 Å². The molecule has 3 aromatic heterocycles. The van der Waals surface area contributed by atoms with Crippen LogP contribution in [0.2, 0.25) is 5.02 Å². The van der Waals surface area contributed by atoms with Crippen molar-refractivity contribution in [1.29, 1.82) is 0 Å². The summed E-state index contributed by atoms with van der Waals surface area (Å²) in [5.74, 6) is -1.06. The van der Waals surface area contributed by atoms with Crippen molar-refractivity contribution in [3.05, 3.63) is 41.2 Å². The van der Waals surface area contributed by atoms with Gasteiger partial charge in [0, 0.05) is 36.2 Å². The van der Waals surface area contributed by atoms with Crippen LogP contribution in [0.1, 0.15) is 10.4 Å². The van der Waals surface area contributed by atoms with Gasteiger partial charge in [-0.2, -0.15) is 5.10 Å². The zero-order chi connectivity index (χ0) is 20.7. The Hall–Kier alpha value is -3.01. The number of ether oxygens (including phenoxy) is 1. The van der Waals surface area contributed by atoms with Gasteiger partial charge in [0.1, 0.15) is 22.5 Å². The van der Waals surface area contributed by atoms with Crippen LogP contribution in [0.5, 0.6) is 0 Å². The van der Waals surface area contributed by atoms with Gasteiger partial charge in [-0.05, 0) is 18.2 Å². The van der Waals surface area contributed by atoms with Gasteiger partial charge in [0.2, 0.25) is 0 Å². The number of carboxylic acid groups (broad SMARTS) is 1. The van der Waals surface area contributed by atoms with Crippen LogP contribution in [0.25, 0.3) is 33.5 Å². The van der Waals surface area contributed by atoms with Gasteiger partial charge in [0.25, 0.3) is 0 Å². The molecule has 0 spiro atoms. The molecule has 0 amide bonds. The van der Waals surface area contributed by atoms with Crippen LogP contribution in [0.3, 0.4) is 0 Å². The first-order valence-corrected chi connectivity index (χ1v) is 10.0. The minimum Gasteiger partial charge on any atom is -0.478 e. The molecule has 154 valence electrons. The molecule has 1 aliphatic rings. The van der Waals surface area contributed by atoms with E-state index in [2.05, 4.69) is 19.9 Å². The summed E-state index contributed by atoms with van der Waals surface area (Å²) in [4.78, 5) is 25.5. The smallest absolute Gasteiger partial charge is 0.339 e. The lowest BCUT2D eigenvalue weighted by Crippen LogP contribution is -2.38. The summed E-state index contributed by atoms with van der Waals surface area (Å²) < 4.78 is 7.34. The molecule has 10 heteroatoms. The van der Waals surface area contributed by atoms with E-state index in [-0.39, 0.29) is 5.56 Å². The summed E-state index contributed by atoms with van der Waals surface area (Å²) in [6.07, 6.45) is 3.00. The number of nitrogens with zero attached hydrogens (tertiary/aromatic N) is 5. The van der Waals surface area contributed by atoms with Crippen LogP contribution in [-0.4, -0.2) is 73.6 Å². The van der Waals surface area contributed by atoms with E-state index < -0.39 is 5.97 Å². The van der Waals surface area contributed by atoms with E-state index in [1.165, 1.54) is 6.20 Å². The van der Waals surface area contributed by atoms with E-state index in [0.29, 0.717) is 34.1 Å². The number of nitrogens with one attached hydrogen (secondary N) is 1. The van der Waals surface area contributed by atoms with E-state index in [1.807, 2.05) is 22.9 Å². The highest BCUT2D eigenvalue weighted by atomic mass is 35.5. The number of aromatic carboxylic acids is 1.